The number of rotatable bonds is 5. The highest BCUT2D eigenvalue weighted by Crippen LogP contribution is 2.36. The van der Waals surface area contributed by atoms with Gasteiger partial charge >= 0.3 is 0 Å². The van der Waals surface area contributed by atoms with Crippen LogP contribution in [-0.2, 0) is 11.8 Å². The standard InChI is InChI=1S/C25H27NO/c1-25(2,19-10-5-4-6-11-19)20-13-15-21(16-14-20)27-24-22-12-8-7-9-18(22)17-23(24)26-3/h4-16,23-24,26H,17H2,1-3H3/t23-,24+/m0/s1. The fourth-order valence-electron chi connectivity index (χ4n) is 4.08. The maximum Gasteiger partial charge on any atom is 0.140 e. The molecule has 3 aromatic carbocycles. The van der Waals surface area contributed by atoms with Crippen LogP contribution in [-0.4, -0.2) is 13.1 Å². The minimum Gasteiger partial charge on any atom is -0.484 e. The molecule has 0 amide bonds. The van der Waals surface area contributed by atoms with Crippen LogP contribution in [0.25, 0.3) is 0 Å². The van der Waals surface area contributed by atoms with Gasteiger partial charge in [0.25, 0.3) is 0 Å². The van der Waals surface area contributed by atoms with E-state index >= 15 is 0 Å². The third-order valence-electron chi connectivity index (χ3n) is 5.87. The summed E-state index contributed by atoms with van der Waals surface area (Å²) in [5.74, 6) is 0.921. The fraction of sp³-hybridized carbons (Fsp3) is 0.280. The van der Waals surface area contributed by atoms with Gasteiger partial charge in [0.1, 0.15) is 11.9 Å². The second-order valence-electron chi connectivity index (χ2n) is 7.85. The molecule has 138 valence electrons. The Morgan fingerprint density at radius 2 is 1.44 bits per heavy atom. The largest absolute Gasteiger partial charge is 0.484 e. The Labute approximate surface area is 162 Å². The molecule has 1 N–H and O–H groups in total. The Morgan fingerprint density at radius 1 is 0.815 bits per heavy atom. The van der Waals surface area contributed by atoms with Gasteiger partial charge in [-0.3, -0.25) is 0 Å². The van der Waals surface area contributed by atoms with Crippen LogP contribution in [0.2, 0.25) is 0 Å². The van der Waals surface area contributed by atoms with Gasteiger partial charge in [0.2, 0.25) is 0 Å². The maximum absolute atomic E-state index is 6.42. The monoisotopic (exact) mass is 357 g/mol. The van der Waals surface area contributed by atoms with Gasteiger partial charge in [0, 0.05) is 5.41 Å². The van der Waals surface area contributed by atoms with Gasteiger partial charge < -0.3 is 10.1 Å². The van der Waals surface area contributed by atoms with Crippen LogP contribution < -0.4 is 10.1 Å². The summed E-state index contributed by atoms with van der Waals surface area (Å²) >= 11 is 0. The molecule has 2 heteroatoms. The molecule has 0 aromatic heterocycles. The summed E-state index contributed by atoms with van der Waals surface area (Å²) in [6.07, 6.45) is 1.07. The van der Waals surface area contributed by atoms with E-state index in [0.29, 0.717) is 6.04 Å². The molecule has 4 rings (SSSR count). The van der Waals surface area contributed by atoms with Gasteiger partial charge in [-0.2, -0.15) is 0 Å². The predicted octanol–water partition coefficient (Wildman–Crippen LogP) is 5.28. The maximum atomic E-state index is 6.42. The molecular formula is C25H27NO. The molecule has 0 fully saturated rings. The lowest BCUT2D eigenvalue weighted by atomic mass is 9.78. The minimum atomic E-state index is -0.0345. The van der Waals surface area contributed by atoms with Gasteiger partial charge in [-0.25, -0.2) is 0 Å². The van der Waals surface area contributed by atoms with Gasteiger partial charge in [-0.05, 0) is 47.9 Å². The summed E-state index contributed by atoms with van der Waals surface area (Å²) < 4.78 is 6.42. The Balaban J connectivity index is 1.56. The molecule has 27 heavy (non-hydrogen) atoms. The molecule has 0 bridgehead atoms. The molecule has 0 aliphatic heterocycles. The zero-order valence-electron chi connectivity index (χ0n) is 16.3. The Hall–Kier alpha value is -2.58. The summed E-state index contributed by atoms with van der Waals surface area (Å²) in [5.41, 5.74) is 5.25. The molecule has 0 saturated carbocycles. The predicted molar refractivity (Wildman–Crippen MR) is 111 cm³/mol. The van der Waals surface area contributed by atoms with E-state index in [1.807, 2.05) is 7.05 Å². The summed E-state index contributed by atoms with van der Waals surface area (Å²) in [6.45, 7) is 4.53. The van der Waals surface area contributed by atoms with Crippen LogP contribution in [0.15, 0.2) is 78.9 Å². The topological polar surface area (TPSA) is 21.3 Å². The third-order valence-corrected chi connectivity index (χ3v) is 5.87. The lowest BCUT2D eigenvalue weighted by Crippen LogP contribution is -2.32. The van der Waals surface area contributed by atoms with Gasteiger partial charge in [-0.1, -0.05) is 80.6 Å². The number of fused-ring (bicyclic) bond motifs is 1. The number of hydrogen-bond acceptors (Lipinski definition) is 2. The SMILES string of the molecule is CN[C@H]1Cc2ccccc2[C@H]1Oc1ccc(C(C)(C)c2ccccc2)cc1. The zero-order chi connectivity index (χ0) is 18.9. The van der Waals surface area contributed by atoms with E-state index in [-0.39, 0.29) is 11.5 Å². The van der Waals surface area contributed by atoms with Crippen molar-refractivity contribution in [2.24, 2.45) is 0 Å². The third kappa shape index (κ3) is 3.38. The average molecular weight is 357 g/mol. The van der Waals surface area contributed by atoms with E-state index in [1.165, 1.54) is 22.3 Å². The molecule has 0 radical (unpaired) electrons. The highest BCUT2D eigenvalue weighted by molar-refractivity contribution is 5.41. The highest BCUT2D eigenvalue weighted by atomic mass is 16.5. The summed E-state index contributed by atoms with van der Waals surface area (Å²) in [7, 11) is 2.01. The molecule has 2 atom stereocenters. The van der Waals surface area contributed by atoms with E-state index in [0.717, 1.165) is 12.2 Å². The normalized spacial score (nSPS) is 18.9. The first kappa shape index (κ1) is 17.8. The summed E-state index contributed by atoms with van der Waals surface area (Å²) in [4.78, 5) is 0. The van der Waals surface area contributed by atoms with Crippen molar-refractivity contribution in [3.63, 3.8) is 0 Å². The van der Waals surface area contributed by atoms with Crippen molar-refractivity contribution in [3.05, 3.63) is 101 Å². The summed E-state index contributed by atoms with van der Waals surface area (Å²) in [6, 6.07) is 28.1. The Morgan fingerprint density at radius 3 is 2.15 bits per heavy atom. The van der Waals surface area contributed by atoms with E-state index in [4.69, 9.17) is 4.74 Å². The van der Waals surface area contributed by atoms with Crippen molar-refractivity contribution in [1.82, 2.24) is 5.32 Å². The van der Waals surface area contributed by atoms with Crippen LogP contribution in [0.5, 0.6) is 5.75 Å². The van der Waals surface area contributed by atoms with Crippen molar-refractivity contribution in [1.29, 1.82) is 0 Å². The quantitative estimate of drug-likeness (QED) is 0.671. The van der Waals surface area contributed by atoms with Gasteiger partial charge in [-0.15, -0.1) is 0 Å². The summed E-state index contributed by atoms with van der Waals surface area (Å²) in [5, 5.41) is 3.41. The van der Waals surface area contributed by atoms with Crippen LogP contribution in [0, 0.1) is 0 Å². The number of ether oxygens (including phenoxy) is 1. The van der Waals surface area contributed by atoms with Crippen LogP contribution in [0.4, 0.5) is 0 Å². The smallest absolute Gasteiger partial charge is 0.140 e. The molecule has 0 unspecified atom stereocenters. The van der Waals surface area contributed by atoms with Crippen LogP contribution in [0.1, 0.15) is 42.2 Å². The lowest BCUT2D eigenvalue weighted by Gasteiger charge is -2.27. The lowest BCUT2D eigenvalue weighted by molar-refractivity contribution is 0.172. The minimum absolute atomic E-state index is 0.0345. The molecule has 0 saturated heterocycles. The molecule has 1 aliphatic rings. The first-order valence-electron chi connectivity index (χ1n) is 9.67. The van der Waals surface area contributed by atoms with Gasteiger partial charge in [0.15, 0.2) is 0 Å². The molecule has 0 spiro atoms. The number of hydrogen-bond donors (Lipinski definition) is 1. The second kappa shape index (κ2) is 7.21. The number of nitrogens with one attached hydrogen (secondary N) is 1. The van der Waals surface area contributed by atoms with Crippen molar-refractivity contribution in [3.8, 4) is 5.75 Å². The zero-order valence-corrected chi connectivity index (χ0v) is 16.3. The first-order chi connectivity index (χ1) is 13.1. The van der Waals surface area contributed by atoms with E-state index in [2.05, 4.69) is 98.0 Å². The van der Waals surface area contributed by atoms with Crippen LogP contribution in [0.3, 0.4) is 0 Å². The number of benzene rings is 3. The number of likely N-dealkylation sites (N-methyl/N-ethyl adjacent to an activating group) is 1. The van der Waals surface area contributed by atoms with Crippen molar-refractivity contribution in [2.75, 3.05) is 7.05 Å². The van der Waals surface area contributed by atoms with Crippen molar-refractivity contribution < 1.29 is 4.74 Å². The van der Waals surface area contributed by atoms with E-state index in [1.54, 1.807) is 0 Å². The average Bonchev–Trinajstić information content (AvgIpc) is 3.07. The first-order valence-corrected chi connectivity index (χ1v) is 9.67. The molecule has 0 heterocycles. The van der Waals surface area contributed by atoms with E-state index < -0.39 is 0 Å². The highest BCUT2D eigenvalue weighted by Gasteiger charge is 2.33. The van der Waals surface area contributed by atoms with Crippen molar-refractivity contribution in [2.45, 2.75) is 37.8 Å². The molecule has 2 nitrogen and oxygen atoms in total. The Kier molecular flexibility index (Phi) is 4.75. The molecule has 1 aliphatic carbocycles. The van der Waals surface area contributed by atoms with Crippen molar-refractivity contribution >= 4 is 0 Å². The second-order valence-corrected chi connectivity index (χ2v) is 7.85. The molecular weight excluding hydrogens is 330 g/mol. The Bertz CT molecular complexity index is 899. The van der Waals surface area contributed by atoms with Crippen LogP contribution >= 0.6 is 0 Å². The fourth-order valence-corrected chi connectivity index (χ4v) is 4.08. The van der Waals surface area contributed by atoms with Gasteiger partial charge in [0.05, 0.1) is 6.04 Å². The van der Waals surface area contributed by atoms with E-state index in [9.17, 15) is 0 Å². The molecule has 3 aromatic rings.